The molecule has 3 N–H and O–H groups in total. The van der Waals surface area contributed by atoms with Crippen molar-refractivity contribution in [3.63, 3.8) is 0 Å². The average Bonchev–Trinajstić information content (AvgIpc) is 2.35. The summed E-state index contributed by atoms with van der Waals surface area (Å²) < 4.78 is 1.62. The molecule has 0 bridgehead atoms. The van der Waals surface area contributed by atoms with E-state index in [2.05, 4.69) is 10.4 Å². The minimum absolute atomic E-state index is 0.000380. The van der Waals surface area contributed by atoms with Crippen LogP contribution in [-0.4, -0.2) is 9.55 Å². The maximum absolute atomic E-state index is 11.8. The molecule has 5 heteroatoms. The summed E-state index contributed by atoms with van der Waals surface area (Å²) in [6.45, 7) is 2.24. The number of pyridine rings is 2. The summed E-state index contributed by atoms with van der Waals surface area (Å²) in [6.07, 6.45) is 1.75. The smallest absolute Gasteiger partial charge is 0.253 e. The Morgan fingerprint density at radius 2 is 2.18 bits per heavy atom. The Kier molecular flexibility index (Phi) is 3.20. The van der Waals surface area contributed by atoms with Gasteiger partial charge in [0.15, 0.2) is 0 Å². The third kappa shape index (κ3) is 2.51. The Bertz CT molecular complexity index is 577. The number of nitrogens with zero attached hydrogens (tertiary/aromatic N) is 2. The van der Waals surface area contributed by atoms with Crippen molar-refractivity contribution in [3.8, 4) is 0 Å². The second kappa shape index (κ2) is 4.80. The first-order chi connectivity index (χ1) is 8.20. The van der Waals surface area contributed by atoms with Crippen LogP contribution >= 0.6 is 0 Å². The number of hydrogen-bond acceptors (Lipinski definition) is 4. The summed E-state index contributed by atoms with van der Waals surface area (Å²) in [4.78, 5) is 16.1. The standard InChI is InChI=1S/C12H14N4O/c1-9-4-3-7-16(12(9)17)8-10-5-2-6-11(14-10)15-13/h2-7H,8,13H2,1H3,(H,14,15). The van der Waals surface area contributed by atoms with Gasteiger partial charge in [-0.05, 0) is 25.1 Å². The van der Waals surface area contributed by atoms with Crippen LogP contribution in [0.4, 0.5) is 5.82 Å². The van der Waals surface area contributed by atoms with E-state index in [1.165, 1.54) is 0 Å². The van der Waals surface area contributed by atoms with Crippen molar-refractivity contribution in [2.45, 2.75) is 13.5 Å². The van der Waals surface area contributed by atoms with E-state index >= 15 is 0 Å². The summed E-state index contributed by atoms with van der Waals surface area (Å²) in [5, 5.41) is 0. The fraction of sp³-hybridized carbons (Fsp3) is 0.167. The highest BCUT2D eigenvalue weighted by atomic mass is 16.1. The average molecular weight is 230 g/mol. The lowest BCUT2D eigenvalue weighted by Crippen LogP contribution is -2.22. The SMILES string of the molecule is Cc1cccn(Cc2cccc(NN)n2)c1=O. The van der Waals surface area contributed by atoms with E-state index < -0.39 is 0 Å². The summed E-state index contributed by atoms with van der Waals surface area (Å²) in [5.74, 6) is 5.87. The molecule has 0 aliphatic heterocycles. The van der Waals surface area contributed by atoms with Gasteiger partial charge in [0.25, 0.3) is 5.56 Å². The minimum atomic E-state index is 0.000380. The lowest BCUT2D eigenvalue weighted by atomic mass is 10.3. The molecule has 2 heterocycles. The number of rotatable bonds is 3. The number of nitrogens with one attached hydrogen (secondary N) is 1. The zero-order valence-electron chi connectivity index (χ0n) is 9.55. The molecular formula is C12H14N4O. The fourth-order valence-corrected chi connectivity index (χ4v) is 1.60. The molecule has 0 spiro atoms. The molecular weight excluding hydrogens is 216 g/mol. The Labute approximate surface area is 98.9 Å². The predicted molar refractivity (Wildman–Crippen MR) is 66.6 cm³/mol. The highest BCUT2D eigenvalue weighted by molar-refractivity contribution is 5.33. The first-order valence-corrected chi connectivity index (χ1v) is 5.29. The topological polar surface area (TPSA) is 72.9 Å². The molecule has 2 aromatic rings. The van der Waals surface area contributed by atoms with Gasteiger partial charge in [0.05, 0.1) is 12.2 Å². The Morgan fingerprint density at radius 1 is 1.35 bits per heavy atom. The molecule has 0 aliphatic rings. The van der Waals surface area contributed by atoms with Gasteiger partial charge in [0.1, 0.15) is 5.82 Å². The van der Waals surface area contributed by atoms with E-state index in [1.54, 1.807) is 29.8 Å². The quantitative estimate of drug-likeness (QED) is 0.606. The third-order valence-corrected chi connectivity index (χ3v) is 2.50. The van der Waals surface area contributed by atoms with E-state index in [0.717, 1.165) is 11.3 Å². The number of nitrogens with two attached hydrogens (primary N) is 1. The van der Waals surface area contributed by atoms with Gasteiger partial charge < -0.3 is 9.99 Å². The van der Waals surface area contributed by atoms with Crippen molar-refractivity contribution in [1.82, 2.24) is 9.55 Å². The Morgan fingerprint density at radius 3 is 2.94 bits per heavy atom. The summed E-state index contributed by atoms with van der Waals surface area (Å²) in [5.41, 5.74) is 3.99. The van der Waals surface area contributed by atoms with Gasteiger partial charge in [-0.25, -0.2) is 10.8 Å². The lowest BCUT2D eigenvalue weighted by molar-refractivity contribution is 0.734. The predicted octanol–water partition coefficient (Wildman–Crippen LogP) is 0.886. The highest BCUT2D eigenvalue weighted by Crippen LogP contribution is 2.04. The molecule has 0 saturated carbocycles. The molecule has 0 atom stereocenters. The van der Waals surface area contributed by atoms with Gasteiger partial charge in [-0.1, -0.05) is 12.1 Å². The third-order valence-electron chi connectivity index (χ3n) is 2.50. The van der Waals surface area contributed by atoms with Crippen molar-refractivity contribution < 1.29 is 0 Å². The molecule has 0 saturated heterocycles. The van der Waals surface area contributed by atoms with Crippen LogP contribution in [0.2, 0.25) is 0 Å². The van der Waals surface area contributed by atoms with Crippen molar-refractivity contribution >= 4 is 5.82 Å². The normalized spacial score (nSPS) is 10.2. The summed E-state index contributed by atoms with van der Waals surface area (Å²) in [6, 6.07) is 9.11. The molecule has 0 amide bonds. The Balaban J connectivity index is 2.31. The van der Waals surface area contributed by atoms with Gasteiger partial charge in [0.2, 0.25) is 0 Å². The van der Waals surface area contributed by atoms with Crippen LogP contribution in [0, 0.1) is 6.92 Å². The second-order valence-electron chi connectivity index (χ2n) is 3.78. The minimum Gasteiger partial charge on any atom is -0.309 e. The molecule has 0 aliphatic carbocycles. The van der Waals surface area contributed by atoms with Crippen LogP contribution in [0.1, 0.15) is 11.3 Å². The number of anilines is 1. The van der Waals surface area contributed by atoms with Crippen molar-refractivity contribution in [2.75, 3.05) is 5.43 Å². The van der Waals surface area contributed by atoms with Crippen LogP contribution in [0.3, 0.4) is 0 Å². The Hall–Kier alpha value is -2.14. The van der Waals surface area contributed by atoms with E-state index in [0.29, 0.717) is 12.4 Å². The van der Waals surface area contributed by atoms with Crippen LogP contribution in [0.5, 0.6) is 0 Å². The zero-order valence-corrected chi connectivity index (χ0v) is 9.55. The molecule has 88 valence electrons. The maximum Gasteiger partial charge on any atom is 0.253 e. The second-order valence-corrected chi connectivity index (χ2v) is 3.78. The van der Waals surface area contributed by atoms with Crippen molar-refractivity contribution in [3.05, 3.63) is 58.1 Å². The lowest BCUT2D eigenvalue weighted by Gasteiger charge is -2.07. The van der Waals surface area contributed by atoms with Crippen molar-refractivity contribution in [2.24, 2.45) is 5.84 Å². The van der Waals surface area contributed by atoms with E-state index in [-0.39, 0.29) is 5.56 Å². The maximum atomic E-state index is 11.8. The zero-order chi connectivity index (χ0) is 12.3. The van der Waals surface area contributed by atoms with Crippen LogP contribution in [0.15, 0.2) is 41.3 Å². The van der Waals surface area contributed by atoms with Crippen molar-refractivity contribution in [1.29, 1.82) is 0 Å². The monoisotopic (exact) mass is 230 g/mol. The number of aromatic nitrogens is 2. The molecule has 5 nitrogen and oxygen atoms in total. The van der Waals surface area contributed by atoms with Gasteiger partial charge in [-0.3, -0.25) is 4.79 Å². The largest absolute Gasteiger partial charge is 0.309 e. The van der Waals surface area contributed by atoms with Gasteiger partial charge in [-0.15, -0.1) is 0 Å². The van der Waals surface area contributed by atoms with Gasteiger partial charge >= 0.3 is 0 Å². The van der Waals surface area contributed by atoms with E-state index in [9.17, 15) is 4.79 Å². The first kappa shape index (κ1) is 11.3. The molecule has 17 heavy (non-hydrogen) atoms. The summed E-state index contributed by atoms with van der Waals surface area (Å²) >= 11 is 0. The van der Waals surface area contributed by atoms with E-state index in [4.69, 9.17) is 5.84 Å². The molecule has 0 radical (unpaired) electrons. The van der Waals surface area contributed by atoms with E-state index in [1.807, 2.05) is 18.2 Å². The molecule has 0 aromatic carbocycles. The number of aryl methyl sites for hydroxylation is 1. The first-order valence-electron chi connectivity index (χ1n) is 5.29. The van der Waals surface area contributed by atoms with Crippen LogP contribution < -0.4 is 16.8 Å². The van der Waals surface area contributed by atoms with Crippen LogP contribution in [0.25, 0.3) is 0 Å². The summed E-state index contributed by atoms with van der Waals surface area (Å²) in [7, 11) is 0. The molecule has 0 fully saturated rings. The molecule has 2 aromatic heterocycles. The molecule has 0 unspecified atom stereocenters. The highest BCUT2D eigenvalue weighted by Gasteiger charge is 2.01. The fourth-order valence-electron chi connectivity index (χ4n) is 1.60. The number of hydrogen-bond donors (Lipinski definition) is 2. The van der Waals surface area contributed by atoms with Gasteiger partial charge in [0, 0.05) is 11.8 Å². The number of nitrogen functional groups attached to an aromatic ring is 1. The molecule has 2 rings (SSSR count). The van der Waals surface area contributed by atoms with Gasteiger partial charge in [-0.2, -0.15) is 0 Å². The van der Waals surface area contributed by atoms with Crippen LogP contribution in [-0.2, 0) is 6.54 Å². The number of hydrazine groups is 1.